The number of nitrogens with zero attached hydrogens (tertiary/aromatic N) is 3. The van der Waals surface area contributed by atoms with Crippen molar-refractivity contribution >= 4 is 11.5 Å². The van der Waals surface area contributed by atoms with Gasteiger partial charge in [-0.05, 0) is 38.9 Å². The van der Waals surface area contributed by atoms with E-state index < -0.39 is 0 Å². The van der Waals surface area contributed by atoms with E-state index >= 15 is 0 Å². The minimum Gasteiger partial charge on any atom is -0.477 e. The van der Waals surface area contributed by atoms with Gasteiger partial charge in [-0.2, -0.15) is 4.98 Å². The van der Waals surface area contributed by atoms with Gasteiger partial charge < -0.3 is 15.4 Å². The zero-order valence-electron chi connectivity index (χ0n) is 12.6. The topological polar surface area (TPSA) is 64.3 Å². The number of ether oxygens (including phenoxy) is 1. The van der Waals surface area contributed by atoms with Crippen molar-refractivity contribution in [2.24, 2.45) is 5.73 Å². The van der Waals surface area contributed by atoms with Gasteiger partial charge in [0, 0.05) is 12.2 Å². The van der Waals surface area contributed by atoms with Gasteiger partial charge >= 0.3 is 0 Å². The third-order valence-corrected chi connectivity index (χ3v) is 3.10. The molecule has 0 saturated heterocycles. The molecule has 21 heavy (non-hydrogen) atoms. The molecule has 5 nitrogen and oxygen atoms in total. The summed E-state index contributed by atoms with van der Waals surface area (Å²) < 4.78 is 5.43. The monoisotopic (exact) mass is 286 g/mol. The molecule has 1 aromatic carbocycles. The van der Waals surface area contributed by atoms with Gasteiger partial charge in [0.2, 0.25) is 5.88 Å². The van der Waals surface area contributed by atoms with Crippen LogP contribution in [0.2, 0.25) is 0 Å². The maximum Gasteiger partial charge on any atom is 0.234 e. The van der Waals surface area contributed by atoms with E-state index in [9.17, 15) is 0 Å². The number of rotatable bonds is 7. The average Bonchev–Trinajstić information content (AvgIpc) is 2.50. The maximum absolute atomic E-state index is 5.65. The number of hydrogen-bond donors (Lipinski definition) is 1. The van der Waals surface area contributed by atoms with Crippen LogP contribution in [0.3, 0.4) is 0 Å². The minimum atomic E-state index is 0.542. The first-order valence-corrected chi connectivity index (χ1v) is 7.23. The van der Waals surface area contributed by atoms with Crippen LogP contribution in [0, 0.1) is 6.92 Å². The summed E-state index contributed by atoms with van der Waals surface area (Å²) in [6.45, 7) is 6.01. The molecule has 2 rings (SSSR count). The summed E-state index contributed by atoms with van der Waals surface area (Å²) in [5.74, 6) is 1.32. The van der Waals surface area contributed by atoms with Gasteiger partial charge in [-0.25, -0.2) is 0 Å². The minimum absolute atomic E-state index is 0.542. The summed E-state index contributed by atoms with van der Waals surface area (Å²) in [5.41, 5.74) is 7.96. The van der Waals surface area contributed by atoms with E-state index in [-0.39, 0.29) is 0 Å². The predicted octanol–water partition coefficient (Wildman–Crippen LogP) is 2.67. The van der Waals surface area contributed by atoms with Crippen molar-refractivity contribution in [3.05, 3.63) is 42.2 Å². The third-order valence-electron chi connectivity index (χ3n) is 3.10. The molecule has 5 heteroatoms. The van der Waals surface area contributed by atoms with Gasteiger partial charge in [-0.3, -0.25) is 4.98 Å². The predicted molar refractivity (Wildman–Crippen MR) is 85.1 cm³/mol. The lowest BCUT2D eigenvalue weighted by Gasteiger charge is -2.23. The maximum atomic E-state index is 5.65. The molecule has 1 aromatic heterocycles. The van der Waals surface area contributed by atoms with Crippen LogP contribution in [-0.4, -0.2) is 29.7 Å². The van der Waals surface area contributed by atoms with Crippen LogP contribution >= 0.6 is 0 Å². The highest BCUT2D eigenvalue weighted by atomic mass is 16.5. The Morgan fingerprint density at radius 2 is 1.95 bits per heavy atom. The SMILES string of the molecule is CCOc1cncc(N(CCCN)c2ccc(C)cc2)n1. The number of hydrogen-bond acceptors (Lipinski definition) is 5. The summed E-state index contributed by atoms with van der Waals surface area (Å²) in [4.78, 5) is 10.8. The Bertz CT molecular complexity index is 556. The van der Waals surface area contributed by atoms with Crippen LogP contribution in [0.4, 0.5) is 11.5 Å². The van der Waals surface area contributed by atoms with Crippen LogP contribution in [0.1, 0.15) is 18.9 Å². The standard InChI is InChI=1S/C16H22N4O/c1-3-21-16-12-18-11-15(19-16)20(10-4-9-17)14-7-5-13(2)6-8-14/h5-8,11-12H,3-4,9-10,17H2,1-2H3. The lowest BCUT2D eigenvalue weighted by atomic mass is 10.2. The molecule has 0 aliphatic heterocycles. The van der Waals surface area contributed by atoms with Gasteiger partial charge in [0.25, 0.3) is 0 Å². The van der Waals surface area contributed by atoms with Crippen LogP contribution in [0.5, 0.6) is 5.88 Å². The highest BCUT2D eigenvalue weighted by Gasteiger charge is 2.11. The molecular formula is C16H22N4O. The normalized spacial score (nSPS) is 10.4. The highest BCUT2D eigenvalue weighted by Crippen LogP contribution is 2.25. The van der Waals surface area contributed by atoms with Crippen LogP contribution < -0.4 is 15.4 Å². The number of benzene rings is 1. The summed E-state index contributed by atoms with van der Waals surface area (Å²) in [6.07, 6.45) is 4.26. The molecule has 0 radical (unpaired) electrons. The molecule has 2 N–H and O–H groups in total. The first-order chi connectivity index (χ1) is 10.2. The fraction of sp³-hybridized carbons (Fsp3) is 0.375. The molecule has 0 atom stereocenters. The first kappa shape index (κ1) is 15.3. The summed E-state index contributed by atoms with van der Waals surface area (Å²) >= 11 is 0. The molecule has 0 saturated carbocycles. The Labute approximate surface area is 125 Å². The van der Waals surface area contributed by atoms with E-state index in [2.05, 4.69) is 46.1 Å². The molecule has 0 bridgehead atoms. The van der Waals surface area contributed by atoms with Crippen molar-refractivity contribution in [3.63, 3.8) is 0 Å². The Morgan fingerprint density at radius 1 is 1.19 bits per heavy atom. The smallest absolute Gasteiger partial charge is 0.234 e. The average molecular weight is 286 g/mol. The zero-order valence-corrected chi connectivity index (χ0v) is 12.6. The Kier molecular flexibility index (Phi) is 5.51. The lowest BCUT2D eigenvalue weighted by molar-refractivity contribution is 0.325. The summed E-state index contributed by atoms with van der Waals surface area (Å²) in [5, 5.41) is 0. The summed E-state index contributed by atoms with van der Waals surface area (Å²) in [6, 6.07) is 8.34. The second-order valence-corrected chi connectivity index (χ2v) is 4.78. The molecule has 1 heterocycles. The Hall–Kier alpha value is -2.14. The zero-order chi connectivity index (χ0) is 15.1. The summed E-state index contributed by atoms with van der Waals surface area (Å²) in [7, 11) is 0. The second kappa shape index (κ2) is 7.59. The second-order valence-electron chi connectivity index (χ2n) is 4.78. The fourth-order valence-electron chi connectivity index (χ4n) is 2.04. The van der Waals surface area contributed by atoms with Gasteiger partial charge in [-0.1, -0.05) is 17.7 Å². The van der Waals surface area contributed by atoms with E-state index in [1.807, 2.05) is 6.92 Å². The van der Waals surface area contributed by atoms with Gasteiger partial charge in [0.15, 0.2) is 5.82 Å². The van der Waals surface area contributed by atoms with E-state index in [0.29, 0.717) is 19.0 Å². The first-order valence-electron chi connectivity index (χ1n) is 7.23. The van der Waals surface area contributed by atoms with Crippen LogP contribution in [-0.2, 0) is 0 Å². The highest BCUT2D eigenvalue weighted by molar-refractivity contribution is 5.59. The fourth-order valence-corrected chi connectivity index (χ4v) is 2.04. The van der Waals surface area contributed by atoms with Crippen molar-refractivity contribution in [2.45, 2.75) is 20.3 Å². The van der Waals surface area contributed by atoms with Crippen molar-refractivity contribution in [1.82, 2.24) is 9.97 Å². The van der Waals surface area contributed by atoms with Crippen LogP contribution in [0.15, 0.2) is 36.7 Å². The molecule has 112 valence electrons. The van der Waals surface area contributed by atoms with Gasteiger partial charge in [-0.15, -0.1) is 0 Å². The third kappa shape index (κ3) is 4.16. The Morgan fingerprint density at radius 3 is 2.62 bits per heavy atom. The van der Waals surface area contributed by atoms with E-state index in [4.69, 9.17) is 10.5 Å². The lowest BCUT2D eigenvalue weighted by Crippen LogP contribution is -2.22. The number of nitrogens with two attached hydrogens (primary N) is 1. The van der Waals surface area contributed by atoms with Crippen molar-refractivity contribution < 1.29 is 4.74 Å². The van der Waals surface area contributed by atoms with Crippen molar-refractivity contribution in [2.75, 3.05) is 24.6 Å². The van der Waals surface area contributed by atoms with Gasteiger partial charge in [0.05, 0.1) is 19.0 Å². The molecule has 0 spiro atoms. The molecule has 0 aliphatic rings. The number of aromatic nitrogens is 2. The molecule has 0 aliphatic carbocycles. The number of anilines is 2. The number of aryl methyl sites for hydroxylation is 1. The largest absolute Gasteiger partial charge is 0.477 e. The van der Waals surface area contributed by atoms with Crippen LogP contribution in [0.25, 0.3) is 0 Å². The van der Waals surface area contributed by atoms with E-state index in [1.165, 1.54) is 5.56 Å². The quantitative estimate of drug-likeness (QED) is 0.847. The Balaban J connectivity index is 2.30. The molecule has 2 aromatic rings. The van der Waals surface area contributed by atoms with Gasteiger partial charge in [0.1, 0.15) is 0 Å². The van der Waals surface area contributed by atoms with Crippen molar-refractivity contribution in [1.29, 1.82) is 0 Å². The molecule has 0 amide bonds. The molecular weight excluding hydrogens is 264 g/mol. The van der Waals surface area contributed by atoms with E-state index in [0.717, 1.165) is 24.5 Å². The van der Waals surface area contributed by atoms with Crippen molar-refractivity contribution in [3.8, 4) is 5.88 Å². The molecule has 0 fully saturated rings. The molecule has 0 unspecified atom stereocenters. The van der Waals surface area contributed by atoms with E-state index in [1.54, 1.807) is 12.4 Å².